The number of carbonyl (C=O) groups excluding carboxylic acids is 1. The SMILES string of the molecule is Cn1cc(C#Cc2ccc(CN(C(=O)c3cc4c(cc3F)nc(N)c3cnn(C)c34)C3CC3)cc2)cn1. The summed E-state index contributed by atoms with van der Waals surface area (Å²) in [6.07, 6.45) is 7.01. The van der Waals surface area contributed by atoms with Crippen LogP contribution in [-0.4, -0.2) is 41.4 Å². The highest BCUT2D eigenvalue weighted by atomic mass is 19.1. The highest BCUT2D eigenvalue weighted by molar-refractivity contribution is 6.10. The molecule has 6 rings (SSSR count). The molecule has 0 radical (unpaired) electrons. The fraction of sp³-hybridized carbons (Fsp3) is 0.214. The monoisotopic (exact) mass is 493 g/mol. The third-order valence-corrected chi connectivity index (χ3v) is 6.64. The van der Waals surface area contributed by atoms with Gasteiger partial charge in [-0.25, -0.2) is 9.37 Å². The maximum Gasteiger partial charge on any atom is 0.257 e. The quantitative estimate of drug-likeness (QED) is 0.385. The highest BCUT2D eigenvalue weighted by Gasteiger charge is 2.34. The third kappa shape index (κ3) is 4.27. The van der Waals surface area contributed by atoms with Gasteiger partial charge >= 0.3 is 0 Å². The Hall–Kier alpha value is -4.71. The van der Waals surface area contributed by atoms with Crippen molar-refractivity contribution in [1.29, 1.82) is 0 Å². The van der Waals surface area contributed by atoms with Gasteiger partial charge in [0.05, 0.1) is 39.9 Å². The van der Waals surface area contributed by atoms with Crippen LogP contribution in [0.5, 0.6) is 0 Å². The minimum atomic E-state index is -0.613. The molecule has 8 nitrogen and oxygen atoms in total. The Kier molecular flexibility index (Phi) is 5.37. The summed E-state index contributed by atoms with van der Waals surface area (Å²) in [6.45, 7) is 0.387. The first-order valence-electron chi connectivity index (χ1n) is 12.0. The zero-order valence-electron chi connectivity index (χ0n) is 20.4. The Morgan fingerprint density at radius 3 is 2.54 bits per heavy atom. The number of amides is 1. The van der Waals surface area contributed by atoms with Crippen LogP contribution in [0.15, 0.2) is 55.0 Å². The van der Waals surface area contributed by atoms with Crippen LogP contribution in [0.1, 0.15) is 39.9 Å². The predicted octanol–water partition coefficient (Wildman–Crippen LogP) is 3.78. The second-order valence-corrected chi connectivity index (χ2v) is 9.39. The summed E-state index contributed by atoms with van der Waals surface area (Å²) in [5.74, 6) is 5.55. The van der Waals surface area contributed by atoms with E-state index in [0.717, 1.165) is 35.0 Å². The van der Waals surface area contributed by atoms with E-state index in [1.807, 2.05) is 37.5 Å². The molecule has 0 aliphatic heterocycles. The number of nitrogen functional groups attached to an aromatic ring is 1. The Morgan fingerprint density at radius 1 is 1.08 bits per heavy atom. The zero-order chi connectivity index (χ0) is 25.7. The molecule has 0 bridgehead atoms. The molecule has 9 heteroatoms. The number of nitrogens with zero attached hydrogens (tertiary/aromatic N) is 6. The first kappa shape index (κ1) is 22.7. The van der Waals surface area contributed by atoms with E-state index >= 15 is 4.39 Å². The summed E-state index contributed by atoms with van der Waals surface area (Å²) in [4.78, 5) is 19.7. The van der Waals surface area contributed by atoms with Crippen molar-refractivity contribution < 1.29 is 9.18 Å². The molecule has 1 fully saturated rings. The number of rotatable bonds is 4. The summed E-state index contributed by atoms with van der Waals surface area (Å²) in [6, 6.07) is 10.7. The first-order valence-corrected chi connectivity index (χ1v) is 12.0. The van der Waals surface area contributed by atoms with Gasteiger partial charge < -0.3 is 10.6 Å². The number of aryl methyl sites for hydroxylation is 2. The third-order valence-electron chi connectivity index (χ3n) is 6.64. The highest BCUT2D eigenvalue weighted by Crippen LogP contribution is 2.33. The summed E-state index contributed by atoms with van der Waals surface area (Å²) >= 11 is 0. The van der Waals surface area contributed by atoms with E-state index in [1.165, 1.54) is 6.07 Å². The van der Waals surface area contributed by atoms with Gasteiger partial charge in [0.1, 0.15) is 11.6 Å². The van der Waals surface area contributed by atoms with Crippen molar-refractivity contribution in [3.63, 3.8) is 0 Å². The van der Waals surface area contributed by atoms with Gasteiger partial charge in [0.25, 0.3) is 5.91 Å². The fourth-order valence-electron chi connectivity index (χ4n) is 4.57. The van der Waals surface area contributed by atoms with Gasteiger partial charge in [-0.15, -0.1) is 0 Å². The molecular weight excluding hydrogens is 469 g/mol. The molecule has 1 saturated carbocycles. The average molecular weight is 494 g/mol. The van der Waals surface area contributed by atoms with Crippen LogP contribution < -0.4 is 5.73 Å². The van der Waals surface area contributed by atoms with Gasteiger partial charge in [-0.05, 0) is 36.6 Å². The number of anilines is 1. The van der Waals surface area contributed by atoms with E-state index in [-0.39, 0.29) is 23.3 Å². The van der Waals surface area contributed by atoms with Crippen LogP contribution in [0.25, 0.3) is 21.8 Å². The number of nitrogens with two attached hydrogens (primary N) is 1. The molecule has 1 amide bonds. The first-order chi connectivity index (χ1) is 17.9. The van der Waals surface area contributed by atoms with E-state index in [0.29, 0.717) is 22.8 Å². The van der Waals surface area contributed by atoms with Crippen LogP contribution in [-0.2, 0) is 20.6 Å². The number of carbonyl (C=O) groups is 1. The van der Waals surface area contributed by atoms with E-state index in [9.17, 15) is 4.79 Å². The lowest BCUT2D eigenvalue weighted by Crippen LogP contribution is -2.33. The van der Waals surface area contributed by atoms with Crippen molar-refractivity contribution >= 4 is 33.5 Å². The van der Waals surface area contributed by atoms with Crippen molar-refractivity contribution in [3.05, 3.63) is 83.1 Å². The molecule has 5 aromatic rings. The Morgan fingerprint density at radius 2 is 1.84 bits per heavy atom. The molecule has 2 N–H and O–H groups in total. The van der Waals surface area contributed by atoms with Gasteiger partial charge in [0.15, 0.2) is 0 Å². The maximum absolute atomic E-state index is 15.2. The van der Waals surface area contributed by atoms with Crippen LogP contribution in [0.3, 0.4) is 0 Å². The molecular formula is C28H24FN7O. The molecule has 3 aromatic heterocycles. The van der Waals surface area contributed by atoms with E-state index in [2.05, 4.69) is 27.0 Å². The molecule has 0 spiro atoms. The second-order valence-electron chi connectivity index (χ2n) is 9.39. The second kappa shape index (κ2) is 8.75. The smallest absolute Gasteiger partial charge is 0.257 e. The van der Waals surface area contributed by atoms with Crippen molar-refractivity contribution in [2.75, 3.05) is 5.73 Å². The minimum Gasteiger partial charge on any atom is -0.383 e. The minimum absolute atomic E-state index is 0.0208. The molecule has 0 unspecified atom stereocenters. The molecule has 1 aliphatic carbocycles. The number of fused-ring (bicyclic) bond motifs is 3. The standard InChI is InChI=1S/C28H24FN7O/c1-34-15-19(13-31-34)8-5-17-3-6-18(7-4-17)16-36(20-9-10-20)28(37)21-11-22-25(12-24(21)29)33-27(30)23-14-32-35(2)26(22)23/h3-4,6-7,11-15,20H,9-10,16H2,1-2H3,(H2,30,33). The summed E-state index contributed by atoms with van der Waals surface area (Å²) < 4.78 is 18.6. The largest absolute Gasteiger partial charge is 0.383 e. The van der Waals surface area contributed by atoms with Crippen LogP contribution in [0, 0.1) is 17.7 Å². The molecule has 0 saturated heterocycles. The van der Waals surface area contributed by atoms with Crippen molar-refractivity contribution in [1.82, 2.24) is 29.4 Å². The summed E-state index contributed by atoms with van der Waals surface area (Å²) in [5, 5.41) is 9.70. The van der Waals surface area contributed by atoms with Gasteiger partial charge in [-0.2, -0.15) is 10.2 Å². The molecule has 37 heavy (non-hydrogen) atoms. The summed E-state index contributed by atoms with van der Waals surface area (Å²) in [7, 11) is 3.64. The van der Waals surface area contributed by atoms with Crippen molar-refractivity contribution in [2.24, 2.45) is 14.1 Å². The van der Waals surface area contributed by atoms with E-state index in [1.54, 1.807) is 39.8 Å². The zero-order valence-corrected chi connectivity index (χ0v) is 20.4. The molecule has 2 aromatic carbocycles. The number of aromatic nitrogens is 5. The van der Waals surface area contributed by atoms with Gasteiger partial charge in [0.2, 0.25) is 0 Å². The van der Waals surface area contributed by atoms with Crippen LogP contribution >= 0.6 is 0 Å². The Labute approximate surface area is 212 Å². The predicted molar refractivity (Wildman–Crippen MR) is 139 cm³/mol. The van der Waals surface area contributed by atoms with Gasteiger partial charge in [0, 0.05) is 49.9 Å². The summed E-state index contributed by atoms with van der Waals surface area (Å²) in [5.41, 5.74) is 9.85. The van der Waals surface area contributed by atoms with Gasteiger partial charge in [-0.1, -0.05) is 24.0 Å². The lowest BCUT2D eigenvalue weighted by molar-refractivity contribution is 0.0725. The lowest BCUT2D eigenvalue weighted by Gasteiger charge is -2.23. The van der Waals surface area contributed by atoms with E-state index in [4.69, 9.17) is 5.73 Å². The maximum atomic E-state index is 15.2. The van der Waals surface area contributed by atoms with Crippen molar-refractivity contribution in [3.8, 4) is 11.8 Å². The number of pyridine rings is 1. The number of benzene rings is 2. The van der Waals surface area contributed by atoms with Crippen LogP contribution in [0.4, 0.5) is 10.2 Å². The molecule has 184 valence electrons. The normalized spacial score (nSPS) is 13.1. The lowest BCUT2D eigenvalue weighted by atomic mass is 10.1. The number of hydrogen-bond donors (Lipinski definition) is 1. The number of hydrogen-bond acceptors (Lipinski definition) is 5. The molecule has 0 atom stereocenters. The molecule has 3 heterocycles. The Bertz CT molecular complexity index is 1740. The topological polar surface area (TPSA) is 94.9 Å². The van der Waals surface area contributed by atoms with Crippen LogP contribution in [0.2, 0.25) is 0 Å². The number of halogens is 1. The Balaban J connectivity index is 1.29. The van der Waals surface area contributed by atoms with Gasteiger partial charge in [-0.3, -0.25) is 14.2 Å². The fourth-order valence-corrected chi connectivity index (χ4v) is 4.57. The average Bonchev–Trinajstić information content (AvgIpc) is 3.52. The van der Waals surface area contributed by atoms with E-state index < -0.39 is 5.82 Å². The molecule has 1 aliphatic rings. The van der Waals surface area contributed by atoms with Crippen molar-refractivity contribution in [2.45, 2.75) is 25.4 Å².